The third-order valence-electron chi connectivity index (χ3n) is 2.22. The van der Waals surface area contributed by atoms with Gasteiger partial charge in [0.15, 0.2) is 0 Å². The maximum atomic E-state index is 11.8. The number of rotatable bonds is 2. The average Bonchev–Trinajstić information content (AvgIpc) is 2.70. The van der Waals surface area contributed by atoms with Crippen molar-refractivity contribution in [1.29, 1.82) is 0 Å². The van der Waals surface area contributed by atoms with Crippen LogP contribution in [0.1, 0.15) is 10.5 Å². The average molecular weight is 251 g/mol. The number of nitrogens with one attached hydrogen (secondary N) is 1. The number of hydrogen-bond acceptors (Lipinski definition) is 3. The Morgan fingerprint density at radius 2 is 2.29 bits per heavy atom. The lowest BCUT2D eigenvalue weighted by atomic mass is 10.2. The highest BCUT2D eigenvalue weighted by atomic mass is 35.5. The summed E-state index contributed by atoms with van der Waals surface area (Å²) in [5.41, 5.74) is 6.87. The summed E-state index contributed by atoms with van der Waals surface area (Å²) >= 11 is 5.95. The number of carbonyl (C=O) groups excluding carboxylic acids is 1. The summed E-state index contributed by atoms with van der Waals surface area (Å²) in [5, 5.41) is 3.03. The number of amides is 1. The van der Waals surface area contributed by atoms with Crippen LogP contribution in [0.2, 0.25) is 5.02 Å². The van der Waals surface area contributed by atoms with Gasteiger partial charge in [0.2, 0.25) is 0 Å². The minimum absolute atomic E-state index is 0.312. The molecule has 88 valence electrons. The molecule has 0 unspecified atom stereocenters. The summed E-state index contributed by atoms with van der Waals surface area (Å²) in [6.07, 6.45) is 3.16. The number of carbonyl (C=O) groups is 1. The first-order valence-electron chi connectivity index (χ1n) is 4.91. The Bertz CT molecular complexity index is 544. The van der Waals surface area contributed by atoms with Crippen molar-refractivity contribution in [3.63, 3.8) is 0 Å². The number of imidazole rings is 1. The highest BCUT2D eigenvalue weighted by molar-refractivity contribution is 6.34. The topological polar surface area (TPSA) is 72.9 Å². The molecule has 1 amide bonds. The van der Waals surface area contributed by atoms with Gasteiger partial charge in [-0.25, -0.2) is 4.98 Å². The fourth-order valence-electron chi connectivity index (χ4n) is 1.38. The normalized spacial score (nSPS) is 10.2. The number of para-hydroxylation sites is 1. The van der Waals surface area contributed by atoms with Crippen LogP contribution in [-0.2, 0) is 7.05 Å². The molecular weight excluding hydrogens is 240 g/mol. The quantitative estimate of drug-likeness (QED) is 0.800. The van der Waals surface area contributed by atoms with Gasteiger partial charge in [0.1, 0.15) is 5.69 Å². The van der Waals surface area contributed by atoms with Gasteiger partial charge in [-0.15, -0.1) is 0 Å². The first-order valence-corrected chi connectivity index (χ1v) is 5.29. The van der Waals surface area contributed by atoms with Crippen LogP contribution in [0.25, 0.3) is 0 Å². The van der Waals surface area contributed by atoms with Gasteiger partial charge in [-0.3, -0.25) is 4.79 Å². The van der Waals surface area contributed by atoms with Crippen molar-refractivity contribution in [2.24, 2.45) is 7.05 Å². The van der Waals surface area contributed by atoms with Crippen LogP contribution in [0, 0.1) is 0 Å². The second-order valence-electron chi connectivity index (χ2n) is 3.58. The van der Waals surface area contributed by atoms with Gasteiger partial charge >= 0.3 is 0 Å². The number of aromatic nitrogens is 2. The van der Waals surface area contributed by atoms with E-state index in [0.29, 0.717) is 22.1 Å². The van der Waals surface area contributed by atoms with Crippen LogP contribution in [-0.4, -0.2) is 15.5 Å². The van der Waals surface area contributed by atoms with Crippen molar-refractivity contribution in [2.45, 2.75) is 0 Å². The monoisotopic (exact) mass is 250 g/mol. The van der Waals surface area contributed by atoms with Crippen LogP contribution in [0.3, 0.4) is 0 Å². The van der Waals surface area contributed by atoms with Gasteiger partial charge in [0, 0.05) is 13.2 Å². The lowest BCUT2D eigenvalue weighted by Gasteiger charge is -2.08. The standard InChI is InChI=1S/C11H11ClN4O/c1-16-5-9(14-6-16)11(17)15-10-7(12)3-2-4-8(10)13/h2-6H,13H2,1H3,(H,15,17). The third kappa shape index (κ3) is 2.39. The Labute approximate surface area is 103 Å². The molecule has 0 aliphatic heterocycles. The summed E-state index contributed by atoms with van der Waals surface area (Å²) in [6.45, 7) is 0. The van der Waals surface area contributed by atoms with E-state index in [2.05, 4.69) is 10.3 Å². The van der Waals surface area contributed by atoms with Crippen LogP contribution in [0.15, 0.2) is 30.7 Å². The number of aryl methyl sites for hydroxylation is 1. The second kappa shape index (κ2) is 4.47. The summed E-state index contributed by atoms with van der Waals surface area (Å²) < 4.78 is 1.69. The molecule has 0 radical (unpaired) electrons. The summed E-state index contributed by atoms with van der Waals surface area (Å²) in [5.74, 6) is -0.342. The van der Waals surface area contributed by atoms with E-state index >= 15 is 0 Å². The molecule has 0 fully saturated rings. The Balaban J connectivity index is 2.24. The van der Waals surface area contributed by atoms with Crippen LogP contribution >= 0.6 is 11.6 Å². The second-order valence-corrected chi connectivity index (χ2v) is 3.99. The Hall–Kier alpha value is -2.01. The van der Waals surface area contributed by atoms with E-state index in [1.807, 2.05) is 0 Å². The molecule has 6 heteroatoms. The van der Waals surface area contributed by atoms with Crippen LogP contribution in [0.5, 0.6) is 0 Å². The van der Waals surface area contributed by atoms with Crippen molar-refractivity contribution in [3.8, 4) is 0 Å². The molecule has 5 nitrogen and oxygen atoms in total. The van der Waals surface area contributed by atoms with Crippen LogP contribution < -0.4 is 11.1 Å². The number of nitrogen functional groups attached to an aromatic ring is 1. The van der Waals surface area contributed by atoms with E-state index in [9.17, 15) is 4.79 Å². The molecule has 0 aliphatic carbocycles. The fraction of sp³-hybridized carbons (Fsp3) is 0.0909. The zero-order valence-corrected chi connectivity index (χ0v) is 9.90. The molecule has 0 spiro atoms. The van der Waals surface area contributed by atoms with Crippen molar-refractivity contribution < 1.29 is 4.79 Å². The number of anilines is 2. The number of halogens is 1. The third-order valence-corrected chi connectivity index (χ3v) is 2.54. The molecule has 0 saturated carbocycles. The molecule has 1 aromatic carbocycles. The maximum Gasteiger partial charge on any atom is 0.275 e. The van der Waals surface area contributed by atoms with E-state index in [0.717, 1.165) is 0 Å². The molecule has 2 rings (SSSR count). The molecule has 2 aromatic rings. The van der Waals surface area contributed by atoms with Crippen molar-refractivity contribution >= 4 is 28.9 Å². The van der Waals surface area contributed by atoms with Gasteiger partial charge in [-0.05, 0) is 12.1 Å². The summed E-state index contributed by atoms with van der Waals surface area (Å²) in [6, 6.07) is 5.04. The van der Waals surface area contributed by atoms with Crippen LogP contribution in [0.4, 0.5) is 11.4 Å². The molecule has 1 heterocycles. The first kappa shape index (κ1) is 11.5. The first-order chi connectivity index (χ1) is 8.08. The smallest absolute Gasteiger partial charge is 0.275 e. The molecule has 1 aromatic heterocycles. The minimum atomic E-state index is -0.342. The molecule has 0 aliphatic rings. The summed E-state index contributed by atoms with van der Waals surface area (Å²) in [4.78, 5) is 15.8. The van der Waals surface area contributed by atoms with E-state index in [4.69, 9.17) is 17.3 Å². The predicted molar refractivity (Wildman–Crippen MR) is 67.0 cm³/mol. The zero-order valence-electron chi connectivity index (χ0n) is 9.14. The fourth-order valence-corrected chi connectivity index (χ4v) is 1.61. The molecule has 0 bridgehead atoms. The lowest BCUT2D eigenvalue weighted by molar-refractivity contribution is 0.102. The largest absolute Gasteiger partial charge is 0.397 e. The van der Waals surface area contributed by atoms with Gasteiger partial charge in [0.05, 0.1) is 22.7 Å². The molecule has 17 heavy (non-hydrogen) atoms. The molecular formula is C11H11ClN4O. The highest BCUT2D eigenvalue weighted by Gasteiger charge is 2.12. The number of nitrogens with two attached hydrogens (primary N) is 1. The predicted octanol–water partition coefficient (Wildman–Crippen LogP) is 1.91. The number of benzene rings is 1. The van der Waals surface area contributed by atoms with E-state index in [1.165, 1.54) is 0 Å². The number of nitrogens with zero attached hydrogens (tertiary/aromatic N) is 2. The van der Waals surface area contributed by atoms with Crippen molar-refractivity contribution in [2.75, 3.05) is 11.1 Å². The van der Waals surface area contributed by atoms with Crippen molar-refractivity contribution in [3.05, 3.63) is 41.4 Å². The van der Waals surface area contributed by atoms with E-state index < -0.39 is 0 Å². The van der Waals surface area contributed by atoms with E-state index in [1.54, 1.807) is 42.3 Å². The molecule has 0 atom stereocenters. The Kier molecular flexibility index (Phi) is 3.01. The van der Waals surface area contributed by atoms with Gasteiger partial charge in [0.25, 0.3) is 5.91 Å². The summed E-state index contributed by atoms with van der Waals surface area (Å²) in [7, 11) is 1.79. The van der Waals surface area contributed by atoms with E-state index in [-0.39, 0.29) is 5.91 Å². The zero-order chi connectivity index (χ0) is 12.4. The van der Waals surface area contributed by atoms with Gasteiger partial charge in [-0.2, -0.15) is 0 Å². The Morgan fingerprint density at radius 3 is 2.88 bits per heavy atom. The molecule has 0 saturated heterocycles. The maximum absolute atomic E-state index is 11.8. The van der Waals surface area contributed by atoms with Gasteiger partial charge in [-0.1, -0.05) is 17.7 Å². The highest BCUT2D eigenvalue weighted by Crippen LogP contribution is 2.28. The number of hydrogen-bond donors (Lipinski definition) is 2. The molecule has 3 N–H and O–H groups in total. The van der Waals surface area contributed by atoms with Gasteiger partial charge < -0.3 is 15.6 Å². The Morgan fingerprint density at radius 1 is 1.53 bits per heavy atom. The minimum Gasteiger partial charge on any atom is -0.397 e. The lowest BCUT2D eigenvalue weighted by Crippen LogP contribution is -2.14. The SMILES string of the molecule is Cn1cnc(C(=O)Nc2c(N)cccc2Cl)c1. The van der Waals surface area contributed by atoms with Crippen molar-refractivity contribution in [1.82, 2.24) is 9.55 Å².